The molecule has 576 valence electrons. The number of halogens is 1. The van der Waals surface area contributed by atoms with Crippen LogP contribution < -0.4 is 18.9 Å². The highest BCUT2D eigenvalue weighted by molar-refractivity contribution is 9.10. The summed E-state index contributed by atoms with van der Waals surface area (Å²) in [6.07, 6.45) is 5.14. The van der Waals surface area contributed by atoms with Crippen LogP contribution in [0.4, 0.5) is 0 Å². The number of likely N-dealkylation sites (tertiary alicyclic amines) is 1. The topological polar surface area (TPSA) is 218 Å². The average molecular weight is 1640 g/mol. The molecule has 1 fully saturated rings. The number of methoxy groups -OCH3 is 4. The summed E-state index contributed by atoms with van der Waals surface area (Å²) in [5.74, 6) is 0.997. The lowest BCUT2D eigenvalue weighted by molar-refractivity contribution is 0.0504. The molecule has 24 heteroatoms. The zero-order chi connectivity index (χ0) is 79.1. The number of thiophene rings is 4. The van der Waals surface area contributed by atoms with Crippen molar-refractivity contribution >= 4 is 102 Å². The molecule has 13 heterocycles. The van der Waals surface area contributed by atoms with Gasteiger partial charge in [-0.3, -0.25) is 19.2 Å². The number of hydrogen-bond donors (Lipinski definition) is 1. The van der Waals surface area contributed by atoms with Crippen LogP contribution in [0.5, 0.6) is 23.0 Å². The third-order valence-electron chi connectivity index (χ3n) is 21.3. The second kappa shape index (κ2) is 32.6. The summed E-state index contributed by atoms with van der Waals surface area (Å²) in [7, 11) is 6.41. The molecule has 5 aliphatic heterocycles. The van der Waals surface area contributed by atoms with Gasteiger partial charge in [0.1, 0.15) is 45.8 Å². The number of amides is 1. The molecule has 17 rings (SSSR count). The van der Waals surface area contributed by atoms with Crippen LogP contribution in [-0.2, 0) is 61.3 Å². The molecule has 8 aromatic heterocycles. The molecule has 112 heavy (non-hydrogen) atoms. The summed E-state index contributed by atoms with van der Waals surface area (Å²) in [5.41, 5.74) is 20.1. The molecule has 12 aromatic rings. The van der Waals surface area contributed by atoms with Crippen LogP contribution in [0.2, 0.25) is 0 Å². The van der Waals surface area contributed by atoms with Crippen LogP contribution in [0.1, 0.15) is 157 Å². The number of hydrogen-bond acceptors (Lipinski definition) is 17. The van der Waals surface area contributed by atoms with Crippen LogP contribution in [0.3, 0.4) is 0 Å². The van der Waals surface area contributed by atoms with Crippen molar-refractivity contribution in [3.63, 3.8) is 0 Å². The third-order valence-corrected chi connectivity index (χ3v) is 25.6. The van der Waals surface area contributed by atoms with Crippen molar-refractivity contribution < 1.29 is 67.1 Å². The van der Waals surface area contributed by atoms with Crippen molar-refractivity contribution in [1.29, 1.82) is 0 Å². The molecule has 19 nitrogen and oxygen atoms in total. The van der Waals surface area contributed by atoms with Gasteiger partial charge in [0, 0.05) is 102 Å². The van der Waals surface area contributed by atoms with Gasteiger partial charge in [-0.25, -0.2) is 14.4 Å². The Hall–Kier alpha value is -10.6. The van der Waals surface area contributed by atoms with Gasteiger partial charge in [-0.2, -0.15) is 0 Å². The normalized spacial score (nSPS) is 13.6. The van der Waals surface area contributed by atoms with Crippen molar-refractivity contribution in [1.82, 2.24) is 23.2 Å². The van der Waals surface area contributed by atoms with Gasteiger partial charge in [0.15, 0.2) is 17.3 Å². The largest absolute Gasteiger partial charge is 0.496 e. The lowest BCUT2D eigenvalue weighted by Gasteiger charge is -2.32. The minimum absolute atomic E-state index is 0.0267. The zero-order valence-corrected chi connectivity index (χ0v) is 68.9. The Kier molecular flexibility index (Phi) is 22.7. The zero-order valence-electron chi connectivity index (χ0n) is 64.1. The fourth-order valence-electron chi connectivity index (χ4n) is 16.1. The highest BCUT2D eigenvalue weighted by atomic mass is 79.9. The van der Waals surface area contributed by atoms with Gasteiger partial charge >= 0.3 is 17.9 Å². The van der Waals surface area contributed by atoms with E-state index in [1.54, 1.807) is 93.7 Å². The molecular weight excluding hydrogens is 1560 g/mol. The number of fused-ring (bicyclic) bond motifs is 12. The number of nitrogens with zero attached hydrogens (tertiary/aromatic N) is 5. The van der Waals surface area contributed by atoms with Crippen LogP contribution in [0.15, 0.2) is 147 Å². The number of aryl methyl sites for hydroxylation is 4. The number of ketones is 3. The second-order valence-corrected chi connectivity index (χ2v) is 32.9. The van der Waals surface area contributed by atoms with E-state index in [-0.39, 0.29) is 46.4 Å². The predicted molar refractivity (Wildman–Crippen MR) is 445 cm³/mol. The standard InChI is InChI=1S/C26H28N2O3S.C22H21NO4S.C20H18BrNO3S.C20H17NO4S/c1-16(29)18-14-19-17(13-22(18)31-4)8-11-27-21(25(30)28-10-6-9-26(28,2)3)15-20(24(19)27)23-7-5-12-32-23;1-4-27-22(25)18-12-17(20-6-5-9-28-20)21-16-11-15(13(2)24)19(26-3)10-14(16)7-8-23(18)21;1-3-25-20(23)16-11-14(18-5-4-8-26-18)19-13-10-15(21)17(24-2)9-12(13)6-7-22(16)19;1-11(22)13-9-14-12(8-17(13)25-2)5-6-21-16(20(23)24)10-15(19(14)21)18-4-3-7-26-18/h5,7,12-15H,6,8-11H2,1-4H3;5-6,9-12H,4,7-8H2,1-3H3;4-5,8-11H,3,6-7H2,1-2H3;3-4,7-10H,5-6H2,1-2H3,(H,23,24). The molecule has 1 saturated heterocycles. The summed E-state index contributed by atoms with van der Waals surface area (Å²) < 4.78 is 41.4. The minimum Gasteiger partial charge on any atom is -0.496 e. The van der Waals surface area contributed by atoms with E-state index in [2.05, 4.69) is 80.0 Å². The number of carbonyl (C=O) groups excluding carboxylic acids is 6. The second-order valence-electron chi connectivity index (χ2n) is 28.2. The maximum atomic E-state index is 13.7. The highest BCUT2D eigenvalue weighted by Crippen LogP contribution is 2.50. The van der Waals surface area contributed by atoms with E-state index in [0.29, 0.717) is 78.1 Å². The number of carboxylic acids is 1. The molecule has 0 bridgehead atoms. The van der Waals surface area contributed by atoms with Crippen molar-refractivity contribution in [3.8, 4) is 110 Å². The van der Waals surface area contributed by atoms with Crippen LogP contribution in [-0.4, -0.2) is 123 Å². The number of ether oxygens (including phenoxy) is 6. The number of aromatic carboxylic acids is 1. The van der Waals surface area contributed by atoms with Gasteiger partial charge in [0.2, 0.25) is 0 Å². The number of aromatic nitrogens is 4. The summed E-state index contributed by atoms with van der Waals surface area (Å²) in [5, 5.41) is 17.7. The summed E-state index contributed by atoms with van der Waals surface area (Å²) in [6.45, 7) is 16.8. The van der Waals surface area contributed by atoms with Crippen LogP contribution >= 0.6 is 61.3 Å². The molecule has 4 aromatic carbocycles. The molecule has 0 aliphatic carbocycles. The highest BCUT2D eigenvalue weighted by Gasteiger charge is 2.40. The van der Waals surface area contributed by atoms with Gasteiger partial charge in [-0.1, -0.05) is 24.3 Å². The Bertz CT molecular complexity index is 5670. The minimum atomic E-state index is -0.946. The number of Topliss-reactive ketones (excluding diaryl/α,β-unsaturated/α-hetero) is 3. The molecule has 1 N–H and O–H groups in total. The maximum absolute atomic E-state index is 13.7. The molecule has 0 saturated carbocycles. The maximum Gasteiger partial charge on any atom is 0.354 e. The van der Waals surface area contributed by atoms with E-state index in [1.165, 1.54) is 19.4 Å². The van der Waals surface area contributed by atoms with E-state index in [4.69, 9.17) is 28.4 Å². The Morgan fingerprint density at radius 3 is 1.03 bits per heavy atom. The number of carbonyl (C=O) groups is 7. The quantitative estimate of drug-likeness (QED) is 0.0662. The summed E-state index contributed by atoms with van der Waals surface area (Å²) in [6, 6.07) is 39.6. The van der Waals surface area contributed by atoms with E-state index in [0.717, 1.165) is 171 Å². The van der Waals surface area contributed by atoms with Crippen molar-refractivity contribution in [2.45, 2.75) is 119 Å². The number of carboxylic acid groups (broad SMARTS) is 1. The first kappa shape index (κ1) is 78.1. The van der Waals surface area contributed by atoms with E-state index < -0.39 is 5.97 Å². The summed E-state index contributed by atoms with van der Waals surface area (Å²) >= 11 is 10.1. The smallest absolute Gasteiger partial charge is 0.354 e. The fourth-order valence-corrected chi connectivity index (χ4v) is 19.6. The van der Waals surface area contributed by atoms with E-state index in [9.17, 15) is 38.7 Å². The van der Waals surface area contributed by atoms with E-state index >= 15 is 0 Å². The number of rotatable bonds is 17. The Morgan fingerprint density at radius 1 is 0.420 bits per heavy atom. The van der Waals surface area contributed by atoms with Gasteiger partial charge < -0.3 is 56.7 Å². The lowest BCUT2D eigenvalue weighted by Crippen LogP contribution is -2.43. The number of benzene rings is 4. The fraction of sp³-hybridized carbons (Fsp3) is 0.284. The molecular formula is C88H84BrN5O14S4. The molecule has 5 aliphatic rings. The van der Waals surface area contributed by atoms with Gasteiger partial charge in [0.25, 0.3) is 5.91 Å². The van der Waals surface area contributed by atoms with E-state index in [1.807, 2.05) is 117 Å². The van der Waals surface area contributed by atoms with Crippen molar-refractivity contribution in [2.24, 2.45) is 0 Å². The lowest BCUT2D eigenvalue weighted by atomic mass is 9.92. The molecule has 0 unspecified atom stereocenters. The van der Waals surface area contributed by atoms with Crippen molar-refractivity contribution in [3.05, 3.63) is 209 Å². The molecule has 0 atom stereocenters. The molecule has 0 spiro atoms. The number of esters is 2. The first-order valence-electron chi connectivity index (χ1n) is 37.0. The van der Waals surface area contributed by atoms with Gasteiger partial charge in [0.05, 0.1) is 85.6 Å². The SMILES string of the molecule is CCOC(=O)c1cc(-c2cccs2)c2n1CCc1cc(OC)c(Br)cc1-2.CCOC(=O)c1cc(-c2cccs2)c2n1CCc1cc(OC)c(C(C)=O)cc1-2.COc1cc2c(cc1C(C)=O)-c1c(-c3cccs3)cc(C(=O)N3CCCC3(C)C)n1CC2.COc1cc2c(cc1C(C)=O)-c1c(-c3cccs3)cc(C(=O)O)n1CC2. The van der Waals surface area contributed by atoms with Gasteiger partial charge in [-0.15, -0.1) is 45.3 Å². The summed E-state index contributed by atoms with van der Waals surface area (Å²) in [4.78, 5) is 93.6. The van der Waals surface area contributed by atoms with Crippen LogP contribution in [0, 0.1) is 0 Å². The Labute approximate surface area is 673 Å². The average Bonchev–Trinajstić information content (AvgIpc) is 1.72. The third kappa shape index (κ3) is 14.6. The molecule has 1 amide bonds. The molecule has 0 radical (unpaired) electrons. The monoisotopic (exact) mass is 1640 g/mol. The predicted octanol–water partition coefficient (Wildman–Crippen LogP) is 20.2. The first-order chi connectivity index (χ1) is 54.0. The Balaban J connectivity index is 0.000000124. The first-order valence-corrected chi connectivity index (χ1v) is 41.3. The van der Waals surface area contributed by atoms with Crippen molar-refractivity contribution in [2.75, 3.05) is 48.2 Å². The Morgan fingerprint density at radius 2 is 0.732 bits per heavy atom. The van der Waals surface area contributed by atoms with Gasteiger partial charge in [-0.05, 0) is 244 Å². The van der Waals surface area contributed by atoms with Crippen LogP contribution in [0.25, 0.3) is 86.8 Å².